The van der Waals surface area contributed by atoms with Crippen LogP contribution < -0.4 is 5.32 Å². The second-order valence-electron chi connectivity index (χ2n) is 5.41. The van der Waals surface area contributed by atoms with Gasteiger partial charge in [0.15, 0.2) is 0 Å². The molecule has 19 heavy (non-hydrogen) atoms. The predicted octanol–water partition coefficient (Wildman–Crippen LogP) is 4.94. The molecule has 1 aliphatic carbocycles. The van der Waals surface area contributed by atoms with Gasteiger partial charge in [-0.05, 0) is 42.3 Å². The number of rotatable bonds is 4. The highest BCUT2D eigenvalue weighted by Crippen LogP contribution is 2.40. The summed E-state index contributed by atoms with van der Waals surface area (Å²) < 4.78 is 0. The van der Waals surface area contributed by atoms with E-state index in [1.165, 1.54) is 35.6 Å². The van der Waals surface area contributed by atoms with Gasteiger partial charge in [0.05, 0.1) is 0 Å². The molecule has 1 aliphatic rings. The van der Waals surface area contributed by atoms with Crippen molar-refractivity contribution in [2.75, 3.05) is 6.54 Å². The number of halogens is 1. The molecule has 2 heteroatoms. The number of benzene rings is 2. The van der Waals surface area contributed by atoms with Crippen molar-refractivity contribution in [2.45, 2.75) is 32.2 Å². The first-order chi connectivity index (χ1) is 9.31. The van der Waals surface area contributed by atoms with Crippen LogP contribution in [0, 0.1) is 5.92 Å². The zero-order valence-corrected chi connectivity index (χ0v) is 12.1. The second-order valence-corrected chi connectivity index (χ2v) is 5.82. The molecule has 0 spiro atoms. The highest BCUT2D eigenvalue weighted by molar-refractivity contribution is 6.35. The van der Waals surface area contributed by atoms with Crippen molar-refractivity contribution in [1.82, 2.24) is 5.32 Å². The van der Waals surface area contributed by atoms with E-state index in [4.69, 9.17) is 11.6 Å². The summed E-state index contributed by atoms with van der Waals surface area (Å²) >= 11 is 6.32. The third kappa shape index (κ3) is 2.37. The van der Waals surface area contributed by atoms with Crippen molar-refractivity contribution < 1.29 is 0 Å². The molecule has 1 atom stereocenters. The number of hydrogen-bond donors (Lipinski definition) is 1. The van der Waals surface area contributed by atoms with E-state index in [1.807, 2.05) is 6.07 Å². The van der Waals surface area contributed by atoms with Crippen LogP contribution in [0.15, 0.2) is 36.4 Å². The van der Waals surface area contributed by atoms with Crippen LogP contribution in [0.25, 0.3) is 10.8 Å². The average Bonchev–Trinajstić information content (AvgIpc) is 2.37. The van der Waals surface area contributed by atoms with E-state index in [0.29, 0.717) is 6.04 Å². The standard InChI is InChI=1S/C17H20ClN/c1-2-19-17(12-6-5-7-12)15-10-11-16(18)14-9-4-3-8-13(14)15/h3-4,8-12,17,19H,2,5-7H2,1H3. The van der Waals surface area contributed by atoms with Gasteiger partial charge in [-0.25, -0.2) is 0 Å². The lowest BCUT2D eigenvalue weighted by molar-refractivity contribution is 0.234. The second kappa shape index (κ2) is 5.52. The predicted molar refractivity (Wildman–Crippen MR) is 82.7 cm³/mol. The molecule has 0 radical (unpaired) electrons. The monoisotopic (exact) mass is 273 g/mol. The molecule has 3 rings (SSSR count). The summed E-state index contributed by atoms with van der Waals surface area (Å²) in [6.07, 6.45) is 4.06. The van der Waals surface area contributed by atoms with Crippen molar-refractivity contribution in [2.24, 2.45) is 5.92 Å². The molecule has 0 saturated heterocycles. The van der Waals surface area contributed by atoms with Gasteiger partial charge in [0.1, 0.15) is 0 Å². The minimum Gasteiger partial charge on any atom is -0.310 e. The van der Waals surface area contributed by atoms with E-state index in [1.54, 1.807) is 0 Å². The Labute approximate surface area is 120 Å². The van der Waals surface area contributed by atoms with Crippen LogP contribution in [0.3, 0.4) is 0 Å². The normalized spacial score (nSPS) is 17.4. The van der Waals surface area contributed by atoms with E-state index in [9.17, 15) is 0 Å². The molecule has 0 heterocycles. The van der Waals surface area contributed by atoms with Crippen molar-refractivity contribution >= 4 is 22.4 Å². The van der Waals surface area contributed by atoms with E-state index >= 15 is 0 Å². The zero-order chi connectivity index (χ0) is 13.2. The fourth-order valence-corrected chi connectivity index (χ4v) is 3.31. The van der Waals surface area contributed by atoms with Crippen molar-refractivity contribution in [3.05, 3.63) is 47.0 Å². The fraction of sp³-hybridized carbons (Fsp3) is 0.412. The van der Waals surface area contributed by atoms with Gasteiger partial charge in [-0.3, -0.25) is 0 Å². The summed E-state index contributed by atoms with van der Waals surface area (Å²) in [5.41, 5.74) is 1.41. The van der Waals surface area contributed by atoms with Crippen LogP contribution in [0.4, 0.5) is 0 Å². The third-order valence-electron chi connectivity index (χ3n) is 4.28. The maximum atomic E-state index is 6.32. The molecule has 0 amide bonds. The largest absolute Gasteiger partial charge is 0.310 e. The van der Waals surface area contributed by atoms with Gasteiger partial charge in [0.2, 0.25) is 0 Å². The molecule has 2 aromatic carbocycles. The Morgan fingerprint density at radius 3 is 2.53 bits per heavy atom. The van der Waals surface area contributed by atoms with Crippen molar-refractivity contribution in [3.63, 3.8) is 0 Å². The summed E-state index contributed by atoms with van der Waals surface area (Å²) in [6, 6.07) is 13.2. The van der Waals surface area contributed by atoms with Crippen LogP contribution in [0.2, 0.25) is 5.02 Å². The Hall–Kier alpha value is -1.05. The Morgan fingerprint density at radius 1 is 1.16 bits per heavy atom. The number of hydrogen-bond acceptors (Lipinski definition) is 1. The molecule has 1 saturated carbocycles. The van der Waals surface area contributed by atoms with Gasteiger partial charge >= 0.3 is 0 Å². The topological polar surface area (TPSA) is 12.0 Å². The average molecular weight is 274 g/mol. The molecule has 100 valence electrons. The SMILES string of the molecule is CCNC(c1ccc(Cl)c2ccccc12)C1CCC1. The Balaban J connectivity index is 2.09. The van der Waals surface area contributed by atoms with Gasteiger partial charge in [-0.15, -0.1) is 0 Å². The smallest absolute Gasteiger partial charge is 0.0484 e. The summed E-state index contributed by atoms with van der Waals surface area (Å²) in [7, 11) is 0. The van der Waals surface area contributed by atoms with Crippen molar-refractivity contribution in [3.8, 4) is 0 Å². The molecule has 0 bridgehead atoms. The lowest BCUT2D eigenvalue weighted by Crippen LogP contribution is -2.32. The molecule has 1 nitrogen and oxygen atoms in total. The molecule has 1 N–H and O–H groups in total. The zero-order valence-electron chi connectivity index (χ0n) is 11.3. The highest BCUT2D eigenvalue weighted by Gasteiger charge is 2.28. The molecular formula is C17H20ClN. The first-order valence-electron chi connectivity index (χ1n) is 7.21. The van der Waals surface area contributed by atoms with Crippen LogP contribution in [-0.2, 0) is 0 Å². The van der Waals surface area contributed by atoms with Crippen LogP contribution >= 0.6 is 11.6 Å². The summed E-state index contributed by atoms with van der Waals surface area (Å²) in [6.45, 7) is 3.20. The summed E-state index contributed by atoms with van der Waals surface area (Å²) in [5.74, 6) is 0.782. The summed E-state index contributed by atoms with van der Waals surface area (Å²) in [4.78, 5) is 0. The molecule has 1 unspecified atom stereocenters. The van der Waals surface area contributed by atoms with Gasteiger partial charge in [0.25, 0.3) is 0 Å². The quantitative estimate of drug-likeness (QED) is 0.832. The maximum Gasteiger partial charge on any atom is 0.0484 e. The van der Waals surface area contributed by atoms with Crippen LogP contribution in [0.1, 0.15) is 37.8 Å². The minimum absolute atomic E-state index is 0.473. The minimum atomic E-state index is 0.473. The molecule has 0 aromatic heterocycles. The molecule has 1 fully saturated rings. The highest BCUT2D eigenvalue weighted by atomic mass is 35.5. The lowest BCUT2D eigenvalue weighted by atomic mass is 9.76. The van der Waals surface area contributed by atoms with E-state index in [-0.39, 0.29) is 0 Å². The van der Waals surface area contributed by atoms with Gasteiger partial charge in [-0.1, -0.05) is 55.3 Å². The third-order valence-corrected chi connectivity index (χ3v) is 4.61. The maximum absolute atomic E-state index is 6.32. The number of fused-ring (bicyclic) bond motifs is 1. The first-order valence-corrected chi connectivity index (χ1v) is 7.59. The molecular weight excluding hydrogens is 254 g/mol. The lowest BCUT2D eigenvalue weighted by Gasteiger charge is -2.35. The first kappa shape index (κ1) is 13.0. The fourth-order valence-electron chi connectivity index (χ4n) is 3.08. The van der Waals surface area contributed by atoms with Gasteiger partial charge < -0.3 is 5.32 Å². The number of nitrogens with one attached hydrogen (secondary N) is 1. The van der Waals surface area contributed by atoms with E-state index in [0.717, 1.165) is 17.5 Å². The Kier molecular flexibility index (Phi) is 3.76. The van der Waals surface area contributed by atoms with Crippen LogP contribution in [0.5, 0.6) is 0 Å². The van der Waals surface area contributed by atoms with Gasteiger partial charge in [0, 0.05) is 16.5 Å². The van der Waals surface area contributed by atoms with E-state index < -0.39 is 0 Å². The molecule has 2 aromatic rings. The summed E-state index contributed by atoms with van der Waals surface area (Å²) in [5, 5.41) is 6.99. The van der Waals surface area contributed by atoms with Gasteiger partial charge in [-0.2, -0.15) is 0 Å². The Bertz CT molecular complexity index is 574. The molecule has 0 aliphatic heterocycles. The van der Waals surface area contributed by atoms with E-state index in [2.05, 4.69) is 42.6 Å². The van der Waals surface area contributed by atoms with Crippen LogP contribution in [-0.4, -0.2) is 6.54 Å². The van der Waals surface area contributed by atoms with Crippen molar-refractivity contribution in [1.29, 1.82) is 0 Å². The Morgan fingerprint density at radius 2 is 1.89 bits per heavy atom.